The van der Waals surface area contributed by atoms with Crippen molar-refractivity contribution in [1.82, 2.24) is 10.6 Å². The molecule has 188 valence electrons. The van der Waals surface area contributed by atoms with Crippen LogP contribution in [0.5, 0.6) is 0 Å². The summed E-state index contributed by atoms with van der Waals surface area (Å²) in [5.74, 6) is -2.82. The lowest BCUT2D eigenvalue weighted by Gasteiger charge is -2.33. The SMILES string of the molecule is O=C(NCC(=O)N(c1cccc(F)c1)[C@H](C(=O)NC1CCCCC1)c1ccc(F)cc1)c1ccco1. The summed E-state index contributed by atoms with van der Waals surface area (Å²) in [6.45, 7) is -0.482. The van der Waals surface area contributed by atoms with Crippen molar-refractivity contribution >= 4 is 23.4 Å². The number of hydrogen-bond donors (Lipinski definition) is 2. The third-order valence-corrected chi connectivity index (χ3v) is 6.14. The Morgan fingerprint density at radius 2 is 1.69 bits per heavy atom. The van der Waals surface area contributed by atoms with Crippen LogP contribution in [0.15, 0.2) is 71.3 Å². The summed E-state index contributed by atoms with van der Waals surface area (Å²) in [6.07, 6.45) is 6.02. The second-order valence-electron chi connectivity index (χ2n) is 8.70. The Balaban J connectivity index is 1.68. The van der Waals surface area contributed by atoms with Crippen LogP contribution in [0, 0.1) is 11.6 Å². The van der Waals surface area contributed by atoms with Gasteiger partial charge in [-0.15, -0.1) is 0 Å². The first-order valence-corrected chi connectivity index (χ1v) is 11.9. The van der Waals surface area contributed by atoms with Crippen molar-refractivity contribution in [2.75, 3.05) is 11.4 Å². The van der Waals surface area contributed by atoms with E-state index in [0.717, 1.165) is 43.1 Å². The van der Waals surface area contributed by atoms with E-state index >= 15 is 0 Å². The minimum Gasteiger partial charge on any atom is -0.459 e. The van der Waals surface area contributed by atoms with Gasteiger partial charge in [0.15, 0.2) is 5.76 Å². The number of halogens is 2. The van der Waals surface area contributed by atoms with Gasteiger partial charge in [0.2, 0.25) is 11.8 Å². The van der Waals surface area contributed by atoms with E-state index in [1.165, 1.54) is 60.9 Å². The monoisotopic (exact) mass is 495 g/mol. The second-order valence-corrected chi connectivity index (χ2v) is 8.70. The maximum absolute atomic E-state index is 14.2. The van der Waals surface area contributed by atoms with Gasteiger partial charge in [-0.05, 0) is 60.9 Å². The Morgan fingerprint density at radius 1 is 0.944 bits per heavy atom. The molecule has 0 spiro atoms. The molecule has 36 heavy (non-hydrogen) atoms. The summed E-state index contributed by atoms with van der Waals surface area (Å²) in [7, 11) is 0. The molecule has 9 heteroatoms. The lowest BCUT2D eigenvalue weighted by Crippen LogP contribution is -2.49. The highest BCUT2D eigenvalue weighted by atomic mass is 19.1. The predicted molar refractivity (Wildman–Crippen MR) is 129 cm³/mol. The molecule has 7 nitrogen and oxygen atoms in total. The number of anilines is 1. The van der Waals surface area contributed by atoms with E-state index in [0.29, 0.717) is 5.56 Å². The largest absolute Gasteiger partial charge is 0.459 e. The zero-order valence-electron chi connectivity index (χ0n) is 19.6. The van der Waals surface area contributed by atoms with Crippen LogP contribution >= 0.6 is 0 Å². The Hall–Kier alpha value is -4.01. The average molecular weight is 496 g/mol. The fraction of sp³-hybridized carbons (Fsp3) is 0.296. The van der Waals surface area contributed by atoms with E-state index in [9.17, 15) is 23.2 Å². The van der Waals surface area contributed by atoms with Crippen LogP contribution in [0.1, 0.15) is 54.3 Å². The molecule has 3 amide bonds. The summed E-state index contributed by atoms with van der Waals surface area (Å²) in [5, 5.41) is 5.49. The lowest BCUT2D eigenvalue weighted by atomic mass is 9.94. The Labute approximate surface area is 207 Å². The van der Waals surface area contributed by atoms with Crippen molar-refractivity contribution in [3.8, 4) is 0 Å². The molecule has 0 bridgehead atoms. The van der Waals surface area contributed by atoms with Gasteiger partial charge in [-0.2, -0.15) is 0 Å². The Kier molecular flexibility index (Phi) is 8.10. The molecular weight excluding hydrogens is 468 g/mol. The van der Waals surface area contributed by atoms with E-state index in [1.54, 1.807) is 0 Å². The molecule has 1 aliphatic rings. The molecule has 1 atom stereocenters. The highest BCUT2D eigenvalue weighted by Crippen LogP contribution is 2.30. The fourth-order valence-corrected chi connectivity index (χ4v) is 4.39. The number of nitrogens with one attached hydrogen (secondary N) is 2. The third-order valence-electron chi connectivity index (χ3n) is 6.14. The molecule has 1 saturated carbocycles. The molecule has 1 aromatic heterocycles. The van der Waals surface area contributed by atoms with Gasteiger partial charge in [0, 0.05) is 11.7 Å². The highest BCUT2D eigenvalue weighted by molar-refractivity contribution is 6.04. The number of furan rings is 1. The summed E-state index contributed by atoms with van der Waals surface area (Å²) in [6, 6.07) is 12.2. The molecule has 4 rings (SSSR count). The second kappa shape index (κ2) is 11.6. The van der Waals surface area contributed by atoms with Gasteiger partial charge in [0.1, 0.15) is 17.7 Å². The topological polar surface area (TPSA) is 91.7 Å². The number of benzene rings is 2. The zero-order chi connectivity index (χ0) is 25.5. The first kappa shape index (κ1) is 25.1. The van der Waals surface area contributed by atoms with Crippen molar-refractivity contribution in [3.63, 3.8) is 0 Å². The van der Waals surface area contributed by atoms with E-state index in [2.05, 4.69) is 10.6 Å². The van der Waals surface area contributed by atoms with Crippen LogP contribution in [-0.4, -0.2) is 30.3 Å². The van der Waals surface area contributed by atoms with Gasteiger partial charge >= 0.3 is 0 Å². The van der Waals surface area contributed by atoms with Gasteiger partial charge < -0.3 is 15.1 Å². The number of carbonyl (C=O) groups excluding carboxylic acids is 3. The van der Waals surface area contributed by atoms with Crippen LogP contribution < -0.4 is 15.5 Å². The van der Waals surface area contributed by atoms with Crippen molar-refractivity contribution in [2.45, 2.75) is 44.2 Å². The fourth-order valence-electron chi connectivity index (χ4n) is 4.39. The Bertz CT molecular complexity index is 1190. The number of amides is 3. The van der Waals surface area contributed by atoms with Gasteiger partial charge in [0.25, 0.3) is 5.91 Å². The quantitative estimate of drug-likeness (QED) is 0.481. The molecule has 3 aromatic rings. The first-order valence-electron chi connectivity index (χ1n) is 11.9. The average Bonchev–Trinajstić information content (AvgIpc) is 3.42. The first-order chi connectivity index (χ1) is 17.4. The summed E-state index contributed by atoms with van der Waals surface area (Å²) in [4.78, 5) is 40.6. The maximum atomic E-state index is 14.2. The molecule has 2 N–H and O–H groups in total. The molecular formula is C27H27F2N3O4. The molecule has 1 fully saturated rings. The third kappa shape index (κ3) is 6.16. The molecule has 2 aromatic carbocycles. The van der Waals surface area contributed by atoms with E-state index in [4.69, 9.17) is 4.42 Å². The van der Waals surface area contributed by atoms with Crippen LogP contribution in [0.2, 0.25) is 0 Å². The van der Waals surface area contributed by atoms with E-state index < -0.39 is 41.9 Å². The number of hydrogen-bond acceptors (Lipinski definition) is 4. The van der Waals surface area contributed by atoms with Gasteiger partial charge in [-0.1, -0.05) is 37.5 Å². The number of rotatable bonds is 8. The molecule has 1 aliphatic carbocycles. The van der Waals surface area contributed by atoms with Crippen LogP contribution in [-0.2, 0) is 9.59 Å². The van der Waals surface area contributed by atoms with Gasteiger partial charge in [-0.25, -0.2) is 8.78 Å². The molecule has 0 radical (unpaired) electrons. The highest BCUT2D eigenvalue weighted by Gasteiger charge is 2.34. The van der Waals surface area contributed by atoms with E-state index in [1.807, 2.05) is 0 Å². The van der Waals surface area contributed by atoms with Crippen molar-refractivity contribution in [3.05, 3.63) is 89.9 Å². The zero-order valence-corrected chi connectivity index (χ0v) is 19.6. The minimum atomic E-state index is -1.22. The van der Waals surface area contributed by atoms with Crippen molar-refractivity contribution in [2.24, 2.45) is 0 Å². The predicted octanol–water partition coefficient (Wildman–Crippen LogP) is 4.51. The van der Waals surface area contributed by atoms with Crippen molar-refractivity contribution < 1.29 is 27.6 Å². The van der Waals surface area contributed by atoms with Crippen molar-refractivity contribution in [1.29, 1.82) is 0 Å². The molecule has 0 unspecified atom stereocenters. The number of nitrogens with zero attached hydrogens (tertiary/aromatic N) is 1. The maximum Gasteiger partial charge on any atom is 0.287 e. The van der Waals surface area contributed by atoms with Gasteiger partial charge in [-0.3, -0.25) is 19.3 Å². The molecule has 0 aliphatic heterocycles. The van der Waals surface area contributed by atoms with Crippen LogP contribution in [0.25, 0.3) is 0 Å². The smallest absolute Gasteiger partial charge is 0.287 e. The summed E-state index contributed by atoms with van der Waals surface area (Å²) in [5.41, 5.74) is 0.472. The van der Waals surface area contributed by atoms with Crippen LogP contribution in [0.3, 0.4) is 0 Å². The molecule has 1 heterocycles. The minimum absolute atomic E-state index is 0.0187. The van der Waals surface area contributed by atoms with Crippen LogP contribution in [0.4, 0.5) is 14.5 Å². The molecule has 0 saturated heterocycles. The Morgan fingerprint density at radius 3 is 2.36 bits per heavy atom. The summed E-state index contributed by atoms with van der Waals surface area (Å²) < 4.78 is 33.0. The number of carbonyl (C=O) groups is 3. The lowest BCUT2D eigenvalue weighted by molar-refractivity contribution is -0.127. The standard InChI is InChI=1S/C27H27F2N3O4/c28-19-13-11-18(12-14-19)25(27(35)31-21-7-2-1-3-8-21)32(22-9-4-6-20(29)16-22)24(33)17-30-26(34)23-10-5-15-36-23/h4-6,9-16,21,25H,1-3,7-8,17H2,(H,30,34)(H,31,35)/t25-/m0/s1. The van der Waals surface area contributed by atoms with E-state index in [-0.39, 0.29) is 17.5 Å². The van der Waals surface area contributed by atoms with Gasteiger partial charge in [0.05, 0.1) is 12.8 Å². The normalized spacial score (nSPS) is 14.6. The summed E-state index contributed by atoms with van der Waals surface area (Å²) >= 11 is 0.